The second-order valence-corrected chi connectivity index (χ2v) is 4.24. The number of carbonyl (C=O) groups is 1. The fraction of sp³-hybridized carbons (Fsp3) is 0.909. The summed E-state index contributed by atoms with van der Waals surface area (Å²) >= 11 is 0. The normalized spacial score (nSPS) is 22.7. The second-order valence-electron chi connectivity index (χ2n) is 4.24. The first-order valence-corrected chi connectivity index (χ1v) is 5.28. The Kier molecular flexibility index (Phi) is 3.34. The highest BCUT2D eigenvalue weighted by Gasteiger charge is 2.37. The molecule has 2 heteroatoms. The van der Waals surface area contributed by atoms with Crippen molar-refractivity contribution in [3.05, 3.63) is 0 Å². The molecule has 0 saturated heterocycles. The predicted molar refractivity (Wildman–Crippen MR) is 52.4 cm³/mol. The van der Waals surface area contributed by atoms with Gasteiger partial charge in [0.15, 0.2) is 0 Å². The Hall–Kier alpha value is -0.530. The lowest BCUT2D eigenvalue weighted by Crippen LogP contribution is -2.37. The molecule has 2 nitrogen and oxygen atoms in total. The van der Waals surface area contributed by atoms with E-state index in [0.29, 0.717) is 5.92 Å². The van der Waals surface area contributed by atoms with Gasteiger partial charge in [-0.2, -0.15) is 0 Å². The minimum absolute atomic E-state index is 0.142. The molecular formula is C11H20O2. The molecule has 1 fully saturated rings. The SMILES string of the molecule is CCC(C)(OC(C)=O)C1CCCC1. The van der Waals surface area contributed by atoms with Gasteiger partial charge >= 0.3 is 5.97 Å². The first-order valence-electron chi connectivity index (χ1n) is 5.28. The van der Waals surface area contributed by atoms with Gasteiger partial charge < -0.3 is 4.74 Å². The molecule has 0 N–H and O–H groups in total. The highest BCUT2D eigenvalue weighted by molar-refractivity contribution is 5.66. The predicted octanol–water partition coefficient (Wildman–Crippen LogP) is 2.91. The Morgan fingerprint density at radius 3 is 2.38 bits per heavy atom. The van der Waals surface area contributed by atoms with Crippen molar-refractivity contribution in [1.82, 2.24) is 0 Å². The van der Waals surface area contributed by atoms with Crippen LogP contribution in [0.2, 0.25) is 0 Å². The van der Waals surface area contributed by atoms with Gasteiger partial charge in [0.2, 0.25) is 0 Å². The first-order chi connectivity index (χ1) is 6.08. The third-order valence-electron chi connectivity index (χ3n) is 3.30. The molecule has 13 heavy (non-hydrogen) atoms. The van der Waals surface area contributed by atoms with Gasteiger partial charge in [0.1, 0.15) is 5.60 Å². The smallest absolute Gasteiger partial charge is 0.303 e. The van der Waals surface area contributed by atoms with Gasteiger partial charge in [0.05, 0.1) is 0 Å². The summed E-state index contributed by atoms with van der Waals surface area (Å²) < 4.78 is 5.43. The molecule has 0 aromatic heterocycles. The van der Waals surface area contributed by atoms with Crippen LogP contribution < -0.4 is 0 Å². The van der Waals surface area contributed by atoms with Crippen molar-refractivity contribution in [2.45, 2.75) is 58.5 Å². The van der Waals surface area contributed by atoms with Crippen molar-refractivity contribution in [3.8, 4) is 0 Å². The zero-order valence-corrected chi connectivity index (χ0v) is 8.93. The lowest BCUT2D eigenvalue weighted by molar-refractivity contribution is -0.161. The third-order valence-corrected chi connectivity index (χ3v) is 3.30. The van der Waals surface area contributed by atoms with Crippen LogP contribution in [-0.2, 0) is 9.53 Å². The summed E-state index contributed by atoms with van der Waals surface area (Å²) in [6.45, 7) is 5.68. The first kappa shape index (κ1) is 10.6. The fourth-order valence-electron chi connectivity index (χ4n) is 2.31. The Labute approximate surface area is 80.7 Å². The van der Waals surface area contributed by atoms with Gasteiger partial charge in [0, 0.05) is 6.92 Å². The van der Waals surface area contributed by atoms with E-state index in [0.717, 1.165) is 6.42 Å². The second kappa shape index (κ2) is 4.12. The molecule has 0 radical (unpaired) electrons. The van der Waals surface area contributed by atoms with E-state index in [1.807, 2.05) is 0 Å². The van der Waals surface area contributed by atoms with E-state index in [1.54, 1.807) is 0 Å². The fourth-order valence-corrected chi connectivity index (χ4v) is 2.31. The number of ether oxygens (including phenoxy) is 1. The van der Waals surface area contributed by atoms with E-state index >= 15 is 0 Å². The molecule has 0 bridgehead atoms. The number of esters is 1. The zero-order chi connectivity index (χ0) is 9.90. The van der Waals surface area contributed by atoms with Crippen LogP contribution in [0.5, 0.6) is 0 Å². The minimum atomic E-state index is -0.206. The molecule has 0 aromatic carbocycles. The standard InChI is InChI=1S/C11H20O2/c1-4-11(3,13-9(2)12)10-7-5-6-8-10/h10H,4-8H2,1-3H3. The topological polar surface area (TPSA) is 26.3 Å². The van der Waals surface area contributed by atoms with Gasteiger partial charge in [-0.1, -0.05) is 19.8 Å². The van der Waals surface area contributed by atoms with Crippen LogP contribution in [0, 0.1) is 5.92 Å². The highest BCUT2D eigenvalue weighted by atomic mass is 16.6. The number of rotatable bonds is 3. The lowest BCUT2D eigenvalue weighted by atomic mass is 9.85. The highest BCUT2D eigenvalue weighted by Crippen LogP contribution is 2.38. The number of hydrogen-bond donors (Lipinski definition) is 0. The van der Waals surface area contributed by atoms with Crippen LogP contribution in [0.3, 0.4) is 0 Å². The van der Waals surface area contributed by atoms with E-state index in [1.165, 1.54) is 32.6 Å². The van der Waals surface area contributed by atoms with Crippen LogP contribution in [-0.4, -0.2) is 11.6 Å². The molecular weight excluding hydrogens is 164 g/mol. The maximum Gasteiger partial charge on any atom is 0.303 e. The summed E-state index contributed by atoms with van der Waals surface area (Å²) in [6, 6.07) is 0. The van der Waals surface area contributed by atoms with Crippen molar-refractivity contribution < 1.29 is 9.53 Å². The summed E-state index contributed by atoms with van der Waals surface area (Å²) in [6.07, 6.45) is 5.95. The Morgan fingerprint density at radius 1 is 1.46 bits per heavy atom. The minimum Gasteiger partial charge on any atom is -0.459 e. The van der Waals surface area contributed by atoms with Crippen molar-refractivity contribution >= 4 is 5.97 Å². The lowest BCUT2D eigenvalue weighted by Gasteiger charge is -2.33. The Morgan fingerprint density at radius 2 is 2.00 bits per heavy atom. The van der Waals surface area contributed by atoms with Gasteiger partial charge in [-0.25, -0.2) is 0 Å². The molecule has 0 spiro atoms. The third kappa shape index (κ3) is 2.45. The maximum atomic E-state index is 11.0. The summed E-state index contributed by atoms with van der Waals surface area (Å²) in [4.78, 5) is 11.0. The van der Waals surface area contributed by atoms with Crippen LogP contribution in [0.25, 0.3) is 0 Å². The Bertz CT molecular complexity index is 183. The van der Waals surface area contributed by atoms with Gasteiger partial charge in [0.25, 0.3) is 0 Å². The molecule has 0 aliphatic heterocycles. The van der Waals surface area contributed by atoms with Crippen molar-refractivity contribution in [2.75, 3.05) is 0 Å². The van der Waals surface area contributed by atoms with Crippen LogP contribution in [0.4, 0.5) is 0 Å². The average Bonchev–Trinajstić information content (AvgIpc) is 2.55. The summed E-state index contributed by atoms with van der Waals surface area (Å²) in [7, 11) is 0. The van der Waals surface area contributed by atoms with Crippen molar-refractivity contribution in [2.24, 2.45) is 5.92 Å². The quantitative estimate of drug-likeness (QED) is 0.630. The maximum absolute atomic E-state index is 11.0. The Balaban J connectivity index is 2.61. The summed E-state index contributed by atoms with van der Waals surface area (Å²) in [5, 5.41) is 0. The van der Waals surface area contributed by atoms with Crippen molar-refractivity contribution in [1.29, 1.82) is 0 Å². The molecule has 1 rings (SSSR count). The van der Waals surface area contributed by atoms with Crippen molar-refractivity contribution in [3.63, 3.8) is 0 Å². The molecule has 76 valence electrons. The number of carbonyl (C=O) groups excluding carboxylic acids is 1. The van der Waals surface area contributed by atoms with E-state index < -0.39 is 0 Å². The molecule has 1 atom stereocenters. The van der Waals surface area contributed by atoms with Crippen LogP contribution >= 0.6 is 0 Å². The van der Waals surface area contributed by atoms with E-state index in [9.17, 15) is 4.79 Å². The van der Waals surface area contributed by atoms with Gasteiger partial charge in [-0.05, 0) is 32.1 Å². The van der Waals surface area contributed by atoms with Crippen LogP contribution in [0.15, 0.2) is 0 Å². The molecule has 0 aromatic rings. The van der Waals surface area contributed by atoms with Crippen LogP contribution in [0.1, 0.15) is 52.9 Å². The molecule has 1 aliphatic carbocycles. The molecule has 1 saturated carbocycles. The monoisotopic (exact) mass is 184 g/mol. The summed E-state index contributed by atoms with van der Waals surface area (Å²) in [5.74, 6) is 0.442. The van der Waals surface area contributed by atoms with E-state index in [2.05, 4.69) is 13.8 Å². The van der Waals surface area contributed by atoms with Gasteiger partial charge in [-0.3, -0.25) is 4.79 Å². The van der Waals surface area contributed by atoms with E-state index in [4.69, 9.17) is 4.74 Å². The number of hydrogen-bond acceptors (Lipinski definition) is 2. The zero-order valence-electron chi connectivity index (χ0n) is 8.93. The molecule has 0 amide bonds. The largest absolute Gasteiger partial charge is 0.459 e. The molecule has 0 heterocycles. The average molecular weight is 184 g/mol. The van der Waals surface area contributed by atoms with E-state index in [-0.39, 0.29) is 11.6 Å². The summed E-state index contributed by atoms with van der Waals surface area (Å²) in [5.41, 5.74) is -0.206. The molecule has 1 aliphatic rings. The van der Waals surface area contributed by atoms with Gasteiger partial charge in [-0.15, -0.1) is 0 Å². The molecule has 1 unspecified atom stereocenters.